The molecular weight excluding hydrogens is 410 g/mol. The number of carbonyl (C=O) groups excluding carboxylic acids is 1. The van der Waals surface area contributed by atoms with Gasteiger partial charge in [-0.2, -0.15) is 4.98 Å². The molecule has 1 aliphatic heterocycles. The quantitative estimate of drug-likeness (QED) is 0.613. The van der Waals surface area contributed by atoms with Crippen LogP contribution in [0.2, 0.25) is 0 Å². The Morgan fingerprint density at radius 2 is 1.87 bits per heavy atom. The van der Waals surface area contributed by atoms with Crippen LogP contribution in [0.4, 0.5) is 11.4 Å². The molecule has 1 N–H and O–H groups in total. The van der Waals surface area contributed by atoms with Gasteiger partial charge in [0.15, 0.2) is 0 Å². The molecule has 8 nitrogen and oxygen atoms in total. The molecule has 1 amide bonds. The fourth-order valence-corrected chi connectivity index (χ4v) is 4.27. The van der Waals surface area contributed by atoms with Gasteiger partial charge in [0.05, 0.1) is 6.42 Å². The number of nitrogens with one attached hydrogen (secondary N) is 1. The number of anilines is 2. The largest absolute Gasteiger partial charge is 0.369 e. The third kappa shape index (κ3) is 4.52. The minimum absolute atomic E-state index is 0.0620. The first-order chi connectivity index (χ1) is 14.9. The van der Waals surface area contributed by atoms with Gasteiger partial charge in [0.1, 0.15) is 0 Å². The minimum atomic E-state index is -0.0620. The molecule has 1 fully saturated rings. The van der Waals surface area contributed by atoms with E-state index in [4.69, 9.17) is 0 Å². The lowest BCUT2D eigenvalue weighted by molar-refractivity contribution is -0.115. The van der Waals surface area contributed by atoms with Crippen LogP contribution in [0.1, 0.15) is 22.5 Å². The molecule has 1 aliphatic rings. The number of rotatable bonds is 5. The number of fused-ring (bicyclic) bond motifs is 1. The number of benzene rings is 1. The summed E-state index contributed by atoms with van der Waals surface area (Å²) in [5, 5.41) is 8.21. The number of piperazine rings is 1. The summed E-state index contributed by atoms with van der Waals surface area (Å²) >= 11 is 1.48. The number of amides is 1. The van der Waals surface area contributed by atoms with E-state index in [1.165, 1.54) is 17.4 Å². The second-order valence-corrected chi connectivity index (χ2v) is 8.86. The van der Waals surface area contributed by atoms with Gasteiger partial charge in [0.25, 0.3) is 5.78 Å². The molecule has 0 spiro atoms. The van der Waals surface area contributed by atoms with Gasteiger partial charge in [-0.3, -0.25) is 4.79 Å². The first-order valence-electron chi connectivity index (χ1n) is 10.5. The first kappa shape index (κ1) is 21.6. The molecule has 3 heterocycles. The summed E-state index contributed by atoms with van der Waals surface area (Å²) in [6.45, 7) is 10.1. The van der Waals surface area contributed by atoms with Gasteiger partial charge in [0, 0.05) is 54.5 Å². The van der Waals surface area contributed by atoms with E-state index in [9.17, 15) is 4.79 Å². The molecule has 3 aromatic rings. The average Bonchev–Trinajstić information content (AvgIpc) is 3.16. The van der Waals surface area contributed by atoms with Crippen LogP contribution < -0.4 is 10.2 Å². The Kier molecular flexibility index (Phi) is 6.15. The van der Waals surface area contributed by atoms with Crippen molar-refractivity contribution in [3.05, 3.63) is 40.7 Å². The van der Waals surface area contributed by atoms with Crippen LogP contribution in [0.25, 0.3) is 5.78 Å². The van der Waals surface area contributed by atoms with E-state index in [0.29, 0.717) is 10.9 Å². The SMILES string of the molecule is CSc1nc2nc(C)c(CC(=O)Nc3ccc(N4CCN(C)CC4)cc3C)c(C)n2n1. The molecule has 0 radical (unpaired) electrons. The van der Waals surface area contributed by atoms with Gasteiger partial charge >= 0.3 is 0 Å². The molecule has 164 valence electrons. The Labute approximate surface area is 187 Å². The van der Waals surface area contributed by atoms with Gasteiger partial charge in [0.2, 0.25) is 11.1 Å². The Morgan fingerprint density at radius 1 is 1.13 bits per heavy atom. The van der Waals surface area contributed by atoms with Crippen molar-refractivity contribution in [2.45, 2.75) is 32.3 Å². The van der Waals surface area contributed by atoms with E-state index >= 15 is 0 Å². The number of carbonyl (C=O) groups is 1. The van der Waals surface area contributed by atoms with E-state index in [0.717, 1.165) is 54.4 Å². The molecule has 0 saturated carbocycles. The summed E-state index contributed by atoms with van der Waals surface area (Å²) < 4.78 is 1.72. The molecule has 0 atom stereocenters. The highest BCUT2D eigenvalue weighted by Crippen LogP contribution is 2.24. The van der Waals surface area contributed by atoms with Crippen molar-refractivity contribution < 1.29 is 4.79 Å². The summed E-state index contributed by atoms with van der Waals surface area (Å²) in [6, 6.07) is 6.26. The molecule has 0 unspecified atom stereocenters. The molecule has 31 heavy (non-hydrogen) atoms. The van der Waals surface area contributed by atoms with Crippen LogP contribution >= 0.6 is 11.8 Å². The van der Waals surface area contributed by atoms with Gasteiger partial charge in [-0.1, -0.05) is 11.8 Å². The second kappa shape index (κ2) is 8.84. The minimum Gasteiger partial charge on any atom is -0.369 e. The zero-order chi connectivity index (χ0) is 22.1. The summed E-state index contributed by atoms with van der Waals surface area (Å²) in [4.78, 5) is 26.5. The Hall–Kier alpha value is -2.65. The summed E-state index contributed by atoms with van der Waals surface area (Å²) in [5.41, 5.74) is 5.70. The lowest BCUT2D eigenvalue weighted by Gasteiger charge is -2.34. The molecule has 1 aromatic carbocycles. The maximum Gasteiger partial charge on any atom is 0.253 e. The molecule has 4 rings (SSSR count). The predicted octanol–water partition coefficient (Wildman–Crippen LogP) is 2.70. The van der Waals surface area contributed by atoms with Crippen molar-refractivity contribution in [1.29, 1.82) is 0 Å². The molecule has 2 aromatic heterocycles. The van der Waals surface area contributed by atoms with Gasteiger partial charge in [-0.25, -0.2) is 9.50 Å². The topological polar surface area (TPSA) is 78.7 Å². The highest BCUT2D eigenvalue weighted by Gasteiger charge is 2.18. The van der Waals surface area contributed by atoms with Gasteiger partial charge < -0.3 is 15.1 Å². The van der Waals surface area contributed by atoms with E-state index < -0.39 is 0 Å². The van der Waals surface area contributed by atoms with Crippen LogP contribution in [-0.4, -0.2) is 69.9 Å². The number of nitrogens with zero attached hydrogens (tertiary/aromatic N) is 6. The lowest BCUT2D eigenvalue weighted by Crippen LogP contribution is -2.44. The van der Waals surface area contributed by atoms with Crippen molar-refractivity contribution in [1.82, 2.24) is 24.5 Å². The van der Waals surface area contributed by atoms with Gasteiger partial charge in [-0.05, 0) is 57.8 Å². The van der Waals surface area contributed by atoms with Crippen molar-refractivity contribution in [3.63, 3.8) is 0 Å². The molecule has 9 heteroatoms. The van der Waals surface area contributed by atoms with Crippen molar-refractivity contribution >= 4 is 34.8 Å². The monoisotopic (exact) mass is 439 g/mol. The standard InChI is InChI=1S/C22H29N7OS/c1-14-12-17(28-10-8-27(4)9-11-28)6-7-19(14)24-20(30)13-18-15(2)23-21-25-22(31-5)26-29(21)16(18)3/h6-7,12H,8-11,13H2,1-5H3,(H,24,30). The third-order valence-corrected chi connectivity index (χ3v) is 6.44. The van der Waals surface area contributed by atoms with Crippen molar-refractivity contribution in [2.24, 2.45) is 0 Å². The zero-order valence-electron chi connectivity index (χ0n) is 18.8. The normalized spacial score (nSPS) is 14.9. The van der Waals surface area contributed by atoms with E-state index in [2.05, 4.69) is 49.4 Å². The number of hydrogen-bond donors (Lipinski definition) is 1. The lowest BCUT2D eigenvalue weighted by atomic mass is 10.1. The Bertz CT molecular complexity index is 1120. The average molecular weight is 440 g/mol. The first-order valence-corrected chi connectivity index (χ1v) is 11.7. The third-order valence-electron chi connectivity index (χ3n) is 5.90. The van der Waals surface area contributed by atoms with Gasteiger partial charge in [-0.15, -0.1) is 5.10 Å². The smallest absolute Gasteiger partial charge is 0.253 e. The van der Waals surface area contributed by atoms with Crippen LogP contribution in [0, 0.1) is 20.8 Å². The number of thioether (sulfide) groups is 1. The van der Waals surface area contributed by atoms with E-state index in [1.807, 2.05) is 33.1 Å². The fraction of sp³-hybridized carbons (Fsp3) is 0.455. The molecule has 1 saturated heterocycles. The molecule has 0 bridgehead atoms. The highest BCUT2D eigenvalue weighted by atomic mass is 32.2. The van der Waals surface area contributed by atoms with E-state index in [1.54, 1.807) is 4.52 Å². The maximum absolute atomic E-state index is 12.9. The number of likely N-dealkylation sites (N-methyl/N-ethyl adjacent to an activating group) is 1. The fourth-order valence-electron chi connectivity index (χ4n) is 3.94. The number of hydrogen-bond acceptors (Lipinski definition) is 7. The summed E-state index contributed by atoms with van der Waals surface area (Å²) in [5.74, 6) is 0.506. The Morgan fingerprint density at radius 3 is 2.55 bits per heavy atom. The van der Waals surface area contributed by atoms with Crippen molar-refractivity contribution in [2.75, 3.05) is 49.7 Å². The molecule has 0 aliphatic carbocycles. The van der Waals surface area contributed by atoms with Crippen molar-refractivity contribution in [3.8, 4) is 0 Å². The van der Waals surface area contributed by atoms with Crippen LogP contribution in [0.3, 0.4) is 0 Å². The Balaban J connectivity index is 1.49. The highest BCUT2D eigenvalue weighted by molar-refractivity contribution is 7.98. The number of aryl methyl sites for hydroxylation is 3. The maximum atomic E-state index is 12.9. The van der Waals surface area contributed by atoms with Crippen LogP contribution in [0.15, 0.2) is 23.4 Å². The summed E-state index contributed by atoms with van der Waals surface area (Å²) in [6.07, 6.45) is 2.18. The molecular formula is C22H29N7OS. The second-order valence-electron chi connectivity index (χ2n) is 8.09. The predicted molar refractivity (Wildman–Crippen MR) is 125 cm³/mol. The van der Waals surface area contributed by atoms with Crippen LogP contribution in [0.5, 0.6) is 0 Å². The summed E-state index contributed by atoms with van der Waals surface area (Å²) in [7, 11) is 2.16. The zero-order valence-corrected chi connectivity index (χ0v) is 19.6. The van der Waals surface area contributed by atoms with Crippen LogP contribution in [-0.2, 0) is 11.2 Å². The van der Waals surface area contributed by atoms with E-state index in [-0.39, 0.29) is 12.3 Å². The number of aromatic nitrogens is 4.